The molecule has 0 unspecified atom stereocenters. The number of rotatable bonds is 7. The van der Waals surface area contributed by atoms with E-state index in [0.717, 1.165) is 38.8 Å². The van der Waals surface area contributed by atoms with Crippen LogP contribution in [-0.2, 0) is 9.47 Å². The maximum atomic E-state index is 10.1. The molecule has 2 aliphatic rings. The number of nitrogens with one attached hydrogen (secondary N) is 1. The number of ether oxygens (including phenoxy) is 2. The van der Waals surface area contributed by atoms with Crippen LogP contribution in [0.5, 0.6) is 5.75 Å². The highest BCUT2D eigenvalue weighted by atomic mass is 16.5. The number of benzene rings is 1. The fourth-order valence-electron chi connectivity index (χ4n) is 4.50. The number of methoxy groups -OCH3 is 1. The fraction of sp³-hybridized carbons (Fsp3) is 0.682. The summed E-state index contributed by atoms with van der Waals surface area (Å²) < 4.78 is 11.0. The Morgan fingerprint density at radius 3 is 2.57 bits per heavy atom. The van der Waals surface area contributed by atoms with Gasteiger partial charge in [0.15, 0.2) is 0 Å². The van der Waals surface area contributed by atoms with Crippen molar-refractivity contribution in [3.63, 3.8) is 0 Å². The van der Waals surface area contributed by atoms with E-state index >= 15 is 0 Å². The minimum absolute atomic E-state index is 0.209. The van der Waals surface area contributed by atoms with Gasteiger partial charge < -0.3 is 19.9 Å². The van der Waals surface area contributed by atoms with Gasteiger partial charge in [-0.3, -0.25) is 4.90 Å². The molecule has 0 atom stereocenters. The topological polar surface area (TPSA) is 77.8 Å². The minimum atomic E-state index is 0.209. The Morgan fingerprint density at radius 1 is 1.21 bits per heavy atom. The van der Waals surface area contributed by atoms with E-state index in [1.165, 1.54) is 12.8 Å². The summed E-state index contributed by atoms with van der Waals surface area (Å²) in [7, 11) is 1.71. The summed E-state index contributed by atoms with van der Waals surface area (Å²) >= 11 is 0. The molecule has 2 N–H and O–H groups in total. The van der Waals surface area contributed by atoms with Gasteiger partial charge in [-0.15, -0.1) is 0 Å². The molecule has 0 radical (unpaired) electrons. The summed E-state index contributed by atoms with van der Waals surface area (Å²) in [4.78, 5) is 2.64. The monoisotopic (exact) mass is 387 g/mol. The average molecular weight is 388 g/mol. The molecular formula is C22H33N3O3. The lowest BCUT2D eigenvalue weighted by atomic mass is 9.79. The summed E-state index contributed by atoms with van der Waals surface area (Å²) in [6.07, 6.45) is 7.04. The second-order valence-corrected chi connectivity index (χ2v) is 8.31. The van der Waals surface area contributed by atoms with E-state index in [2.05, 4.69) is 23.2 Å². The van der Waals surface area contributed by atoms with Gasteiger partial charge in [-0.25, -0.2) is 0 Å². The number of nitrogens with zero attached hydrogens (tertiary/aromatic N) is 2. The standard InChI is InChI=1S/C22H33N3O3/c1-22(9-5-19(6-10-22)28-14-13-27-2)25-11-7-18(8-12-25)24-20-15-17(16-23)3-4-21(20)26/h3-4,15,18-19,24,26H,5-14H2,1-2H3/t19-,22+. The number of phenols is 1. The number of anilines is 1. The first-order valence-electron chi connectivity index (χ1n) is 10.4. The molecule has 0 spiro atoms. The molecule has 1 saturated carbocycles. The second kappa shape index (κ2) is 9.60. The zero-order chi connectivity index (χ0) is 20.0. The molecule has 2 fully saturated rings. The number of phenolic OH excluding ortho intramolecular Hbond substituents is 1. The van der Waals surface area contributed by atoms with Crippen molar-refractivity contribution in [2.75, 3.05) is 38.7 Å². The van der Waals surface area contributed by atoms with Gasteiger partial charge in [0.2, 0.25) is 0 Å². The van der Waals surface area contributed by atoms with Crippen LogP contribution in [0.1, 0.15) is 51.0 Å². The number of hydrogen-bond acceptors (Lipinski definition) is 6. The molecule has 1 saturated heterocycles. The Balaban J connectivity index is 1.47. The Kier molecular flexibility index (Phi) is 7.17. The molecule has 1 aromatic rings. The quantitative estimate of drug-likeness (QED) is 0.551. The van der Waals surface area contributed by atoms with Crippen LogP contribution in [0, 0.1) is 11.3 Å². The predicted octanol–water partition coefficient (Wildman–Crippen LogP) is 3.50. The Hall–Kier alpha value is -1.81. The van der Waals surface area contributed by atoms with Crippen molar-refractivity contribution in [2.45, 2.75) is 63.1 Å². The van der Waals surface area contributed by atoms with Crippen LogP contribution in [-0.4, -0.2) is 61.1 Å². The van der Waals surface area contributed by atoms with Crippen molar-refractivity contribution in [1.82, 2.24) is 4.90 Å². The van der Waals surface area contributed by atoms with E-state index in [9.17, 15) is 5.11 Å². The summed E-state index contributed by atoms with van der Waals surface area (Å²) in [5.41, 5.74) is 1.49. The van der Waals surface area contributed by atoms with Gasteiger partial charge in [0.05, 0.1) is 36.6 Å². The van der Waals surface area contributed by atoms with Gasteiger partial charge in [0.1, 0.15) is 5.75 Å². The number of nitriles is 1. The van der Waals surface area contributed by atoms with Gasteiger partial charge in [0, 0.05) is 31.8 Å². The van der Waals surface area contributed by atoms with E-state index in [1.807, 2.05) is 0 Å². The fourth-order valence-corrected chi connectivity index (χ4v) is 4.50. The lowest BCUT2D eigenvalue weighted by Gasteiger charge is -2.48. The van der Waals surface area contributed by atoms with Gasteiger partial charge in [-0.1, -0.05) is 0 Å². The summed E-state index contributed by atoms with van der Waals surface area (Å²) in [5.74, 6) is 0.209. The van der Waals surface area contributed by atoms with Crippen LogP contribution in [0.3, 0.4) is 0 Å². The smallest absolute Gasteiger partial charge is 0.138 e. The number of likely N-dealkylation sites (tertiary alicyclic amines) is 1. The molecule has 1 aliphatic heterocycles. The van der Waals surface area contributed by atoms with Crippen molar-refractivity contribution in [3.8, 4) is 11.8 Å². The molecular weight excluding hydrogens is 354 g/mol. The van der Waals surface area contributed by atoms with Gasteiger partial charge in [0.25, 0.3) is 0 Å². The number of aromatic hydroxyl groups is 1. The first kappa shape index (κ1) is 20.9. The van der Waals surface area contributed by atoms with Gasteiger partial charge >= 0.3 is 0 Å². The summed E-state index contributed by atoms with van der Waals surface area (Å²) in [6, 6.07) is 7.41. The zero-order valence-corrected chi connectivity index (χ0v) is 17.1. The van der Waals surface area contributed by atoms with Crippen molar-refractivity contribution in [1.29, 1.82) is 5.26 Å². The number of hydrogen-bond donors (Lipinski definition) is 2. The summed E-state index contributed by atoms with van der Waals surface area (Å²) in [5, 5.41) is 22.6. The Labute approximate surface area is 168 Å². The first-order valence-corrected chi connectivity index (χ1v) is 10.4. The van der Waals surface area contributed by atoms with Crippen molar-refractivity contribution >= 4 is 5.69 Å². The van der Waals surface area contributed by atoms with Crippen LogP contribution in [0.25, 0.3) is 0 Å². The molecule has 28 heavy (non-hydrogen) atoms. The molecule has 1 aromatic carbocycles. The Morgan fingerprint density at radius 2 is 1.93 bits per heavy atom. The van der Waals surface area contributed by atoms with Gasteiger partial charge in [-0.05, 0) is 63.6 Å². The third-order valence-corrected chi connectivity index (χ3v) is 6.39. The van der Waals surface area contributed by atoms with Crippen LogP contribution in [0.15, 0.2) is 18.2 Å². The maximum absolute atomic E-state index is 10.1. The van der Waals surface area contributed by atoms with Crippen molar-refractivity contribution in [3.05, 3.63) is 23.8 Å². The van der Waals surface area contributed by atoms with E-state index in [-0.39, 0.29) is 11.3 Å². The molecule has 154 valence electrons. The molecule has 0 bridgehead atoms. The Bertz CT molecular complexity index is 672. The van der Waals surface area contributed by atoms with Crippen molar-refractivity contribution < 1.29 is 14.6 Å². The lowest BCUT2D eigenvalue weighted by Crippen LogP contribution is -2.53. The SMILES string of the molecule is COCCO[C@H]1CC[C@@](C)(N2CCC(Nc3cc(C#N)ccc3O)CC2)CC1. The van der Waals surface area contributed by atoms with Crippen LogP contribution in [0.4, 0.5) is 5.69 Å². The lowest BCUT2D eigenvalue weighted by molar-refractivity contribution is -0.0398. The molecule has 1 aliphatic carbocycles. The molecule has 3 rings (SSSR count). The molecule has 0 aromatic heterocycles. The van der Waals surface area contributed by atoms with Crippen LogP contribution in [0.2, 0.25) is 0 Å². The highest BCUT2D eigenvalue weighted by molar-refractivity contribution is 5.59. The molecule has 6 nitrogen and oxygen atoms in total. The third-order valence-electron chi connectivity index (χ3n) is 6.39. The third kappa shape index (κ3) is 5.16. The predicted molar refractivity (Wildman–Crippen MR) is 110 cm³/mol. The molecule has 0 amide bonds. The average Bonchev–Trinajstić information content (AvgIpc) is 2.72. The molecule has 1 heterocycles. The molecule has 6 heteroatoms. The van der Waals surface area contributed by atoms with Crippen LogP contribution < -0.4 is 5.32 Å². The van der Waals surface area contributed by atoms with E-state index in [4.69, 9.17) is 14.7 Å². The van der Waals surface area contributed by atoms with Gasteiger partial charge in [-0.2, -0.15) is 5.26 Å². The highest BCUT2D eigenvalue weighted by Crippen LogP contribution is 2.37. The maximum Gasteiger partial charge on any atom is 0.138 e. The number of piperidine rings is 1. The second-order valence-electron chi connectivity index (χ2n) is 8.31. The zero-order valence-electron chi connectivity index (χ0n) is 17.1. The normalized spacial score (nSPS) is 26.7. The first-order chi connectivity index (χ1) is 13.5. The van der Waals surface area contributed by atoms with Crippen LogP contribution >= 0.6 is 0 Å². The summed E-state index contributed by atoms with van der Waals surface area (Å²) in [6.45, 7) is 5.87. The van der Waals surface area contributed by atoms with E-state index in [1.54, 1.807) is 25.3 Å². The highest BCUT2D eigenvalue weighted by Gasteiger charge is 2.38. The van der Waals surface area contributed by atoms with E-state index < -0.39 is 0 Å². The largest absolute Gasteiger partial charge is 0.506 e. The van der Waals surface area contributed by atoms with E-state index in [0.29, 0.717) is 36.6 Å². The van der Waals surface area contributed by atoms with Crippen molar-refractivity contribution in [2.24, 2.45) is 0 Å². The minimum Gasteiger partial charge on any atom is -0.506 e.